The number of aliphatic carboxylic acids is 1. The summed E-state index contributed by atoms with van der Waals surface area (Å²) in [6.07, 6.45) is 2.75. The molecular formula is C14H20N2O2. The molecular weight excluding hydrogens is 228 g/mol. The first-order chi connectivity index (χ1) is 8.74. The van der Waals surface area contributed by atoms with Crippen LogP contribution < -0.4 is 5.32 Å². The van der Waals surface area contributed by atoms with Crippen LogP contribution in [0, 0.1) is 0 Å². The third kappa shape index (κ3) is 4.04. The van der Waals surface area contributed by atoms with E-state index in [-0.39, 0.29) is 6.42 Å². The molecule has 0 unspecified atom stereocenters. The van der Waals surface area contributed by atoms with Crippen LogP contribution in [0.3, 0.4) is 0 Å². The van der Waals surface area contributed by atoms with Gasteiger partial charge in [0.15, 0.2) is 0 Å². The van der Waals surface area contributed by atoms with Crippen LogP contribution in [0.25, 0.3) is 0 Å². The predicted molar refractivity (Wildman–Crippen MR) is 71.7 cm³/mol. The number of hydrogen-bond acceptors (Lipinski definition) is 3. The van der Waals surface area contributed by atoms with Gasteiger partial charge in [-0.25, -0.2) is 0 Å². The zero-order valence-electron chi connectivity index (χ0n) is 10.6. The van der Waals surface area contributed by atoms with Crippen LogP contribution in [0.4, 0.5) is 5.69 Å². The molecule has 1 aromatic rings. The highest BCUT2D eigenvalue weighted by molar-refractivity contribution is 5.67. The van der Waals surface area contributed by atoms with Crippen molar-refractivity contribution in [3.05, 3.63) is 29.8 Å². The van der Waals surface area contributed by atoms with Gasteiger partial charge >= 0.3 is 5.97 Å². The van der Waals surface area contributed by atoms with Gasteiger partial charge in [0.2, 0.25) is 0 Å². The van der Waals surface area contributed by atoms with Gasteiger partial charge in [0.25, 0.3) is 0 Å². The Morgan fingerprint density at radius 3 is 2.83 bits per heavy atom. The molecule has 4 heteroatoms. The second-order valence-corrected chi connectivity index (χ2v) is 4.75. The summed E-state index contributed by atoms with van der Waals surface area (Å²) >= 11 is 0. The van der Waals surface area contributed by atoms with Crippen molar-refractivity contribution >= 4 is 11.7 Å². The lowest BCUT2D eigenvalue weighted by atomic mass is 10.2. The first-order valence-electron chi connectivity index (χ1n) is 6.51. The molecule has 0 radical (unpaired) electrons. The third-order valence-electron chi connectivity index (χ3n) is 3.20. The molecule has 0 amide bonds. The summed E-state index contributed by atoms with van der Waals surface area (Å²) in [5.74, 6) is -0.768. The molecule has 0 spiro atoms. The zero-order chi connectivity index (χ0) is 12.8. The summed E-state index contributed by atoms with van der Waals surface area (Å²) in [6, 6.07) is 8.24. The smallest absolute Gasteiger partial charge is 0.305 e. The van der Waals surface area contributed by atoms with Crippen molar-refractivity contribution in [3.8, 4) is 0 Å². The molecule has 1 aliphatic heterocycles. The van der Waals surface area contributed by atoms with E-state index in [0.29, 0.717) is 6.54 Å². The maximum atomic E-state index is 10.4. The molecule has 4 nitrogen and oxygen atoms in total. The highest BCUT2D eigenvalue weighted by Gasteiger charge is 2.11. The molecule has 0 atom stereocenters. The number of hydrogen-bond donors (Lipinski definition) is 2. The van der Waals surface area contributed by atoms with Crippen LogP contribution in [-0.4, -0.2) is 35.6 Å². The Morgan fingerprint density at radius 2 is 2.11 bits per heavy atom. The molecule has 1 heterocycles. The minimum absolute atomic E-state index is 0.149. The number of anilines is 1. The van der Waals surface area contributed by atoms with Gasteiger partial charge in [-0.3, -0.25) is 9.69 Å². The molecule has 1 aliphatic rings. The zero-order valence-corrected chi connectivity index (χ0v) is 10.6. The van der Waals surface area contributed by atoms with E-state index in [1.165, 1.54) is 31.5 Å². The number of carbonyl (C=O) groups is 1. The van der Waals surface area contributed by atoms with Crippen LogP contribution >= 0.6 is 0 Å². The fourth-order valence-electron chi connectivity index (χ4n) is 2.29. The molecule has 2 N–H and O–H groups in total. The number of carboxylic acid groups (broad SMARTS) is 1. The van der Waals surface area contributed by atoms with Crippen molar-refractivity contribution in [1.29, 1.82) is 0 Å². The van der Waals surface area contributed by atoms with Gasteiger partial charge in [0, 0.05) is 18.8 Å². The van der Waals surface area contributed by atoms with Gasteiger partial charge < -0.3 is 10.4 Å². The number of likely N-dealkylation sites (tertiary alicyclic amines) is 1. The average molecular weight is 248 g/mol. The Balaban J connectivity index is 1.86. The Kier molecular flexibility index (Phi) is 4.59. The molecule has 1 fully saturated rings. The van der Waals surface area contributed by atoms with Crippen LogP contribution in [0.2, 0.25) is 0 Å². The van der Waals surface area contributed by atoms with Crippen LogP contribution in [0.15, 0.2) is 24.3 Å². The molecule has 0 saturated carbocycles. The van der Waals surface area contributed by atoms with Gasteiger partial charge in [-0.15, -0.1) is 0 Å². The molecule has 2 rings (SSSR count). The van der Waals surface area contributed by atoms with Crippen LogP contribution in [0.1, 0.15) is 24.8 Å². The fraction of sp³-hybridized carbons (Fsp3) is 0.500. The van der Waals surface area contributed by atoms with Crippen molar-refractivity contribution in [2.75, 3.05) is 25.0 Å². The molecule has 0 bridgehead atoms. The molecule has 18 heavy (non-hydrogen) atoms. The number of rotatable bonds is 6. The standard InChI is InChI=1S/C14H20N2O2/c17-14(18)6-7-15-13-5-3-4-12(10-13)11-16-8-1-2-9-16/h3-5,10,15H,1-2,6-9,11H2,(H,17,18). The average Bonchev–Trinajstić information content (AvgIpc) is 2.82. The van der Waals surface area contributed by atoms with E-state index in [1.807, 2.05) is 12.1 Å². The summed E-state index contributed by atoms with van der Waals surface area (Å²) < 4.78 is 0. The molecule has 0 aromatic heterocycles. The van der Waals surface area contributed by atoms with E-state index < -0.39 is 5.97 Å². The van der Waals surface area contributed by atoms with Gasteiger partial charge in [-0.05, 0) is 43.6 Å². The second-order valence-electron chi connectivity index (χ2n) is 4.75. The summed E-state index contributed by atoms with van der Waals surface area (Å²) in [6.45, 7) is 3.85. The number of nitrogens with one attached hydrogen (secondary N) is 1. The number of benzene rings is 1. The maximum absolute atomic E-state index is 10.4. The molecule has 1 saturated heterocycles. The lowest BCUT2D eigenvalue weighted by molar-refractivity contribution is -0.136. The van der Waals surface area contributed by atoms with Crippen molar-refractivity contribution in [2.24, 2.45) is 0 Å². The predicted octanol–water partition coefficient (Wildman–Crippen LogP) is 2.17. The maximum Gasteiger partial charge on any atom is 0.305 e. The summed E-state index contributed by atoms with van der Waals surface area (Å²) in [7, 11) is 0. The largest absolute Gasteiger partial charge is 0.481 e. The van der Waals surface area contributed by atoms with E-state index in [0.717, 1.165) is 12.2 Å². The Morgan fingerprint density at radius 1 is 1.33 bits per heavy atom. The van der Waals surface area contributed by atoms with Gasteiger partial charge in [-0.1, -0.05) is 12.1 Å². The van der Waals surface area contributed by atoms with E-state index in [9.17, 15) is 4.79 Å². The minimum atomic E-state index is -0.768. The van der Waals surface area contributed by atoms with Crippen molar-refractivity contribution in [1.82, 2.24) is 4.90 Å². The lowest BCUT2D eigenvalue weighted by Gasteiger charge is -2.15. The number of carboxylic acids is 1. The topological polar surface area (TPSA) is 52.6 Å². The fourth-order valence-corrected chi connectivity index (χ4v) is 2.29. The summed E-state index contributed by atoms with van der Waals surface area (Å²) in [5.41, 5.74) is 2.30. The molecule has 98 valence electrons. The minimum Gasteiger partial charge on any atom is -0.481 e. The van der Waals surface area contributed by atoms with E-state index >= 15 is 0 Å². The monoisotopic (exact) mass is 248 g/mol. The SMILES string of the molecule is O=C(O)CCNc1cccc(CN2CCCC2)c1. The van der Waals surface area contributed by atoms with E-state index in [2.05, 4.69) is 22.3 Å². The summed E-state index contributed by atoms with van der Waals surface area (Å²) in [4.78, 5) is 12.9. The van der Waals surface area contributed by atoms with Crippen molar-refractivity contribution < 1.29 is 9.90 Å². The van der Waals surface area contributed by atoms with E-state index in [1.54, 1.807) is 0 Å². The van der Waals surface area contributed by atoms with Gasteiger partial charge in [0.1, 0.15) is 0 Å². The Bertz CT molecular complexity index is 401. The van der Waals surface area contributed by atoms with Gasteiger partial charge in [0.05, 0.1) is 6.42 Å². The third-order valence-corrected chi connectivity index (χ3v) is 3.20. The number of nitrogens with zero attached hydrogens (tertiary/aromatic N) is 1. The summed E-state index contributed by atoms with van der Waals surface area (Å²) in [5, 5.41) is 11.7. The van der Waals surface area contributed by atoms with Crippen LogP contribution in [-0.2, 0) is 11.3 Å². The first kappa shape index (κ1) is 12.9. The molecule has 1 aromatic carbocycles. The highest BCUT2D eigenvalue weighted by Crippen LogP contribution is 2.16. The van der Waals surface area contributed by atoms with Crippen molar-refractivity contribution in [3.63, 3.8) is 0 Å². The molecule has 0 aliphatic carbocycles. The second kappa shape index (κ2) is 6.40. The first-order valence-corrected chi connectivity index (χ1v) is 6.51. The highest BCUT2D eigenvalue weighted by atomic mass is 16.4. The van der Waals surface area contributed by atoms with Crippen molar-refractivity contribution in [2.45, 2.75) is 25.8 Å². The van der Waals surface area contributed by atoms with Gasteiger partial charge in [-0.2, -0.15) is 0 Å². The quantitative estimate of drug-likeness (QED) is 0.810. The Labute approximate surface area is 108 Å². The lowest BCUT2D eigenvalue weighted by Crippen LogP contribution is -2.18. The van der Waals surface area contributed by atoms with E-state index in [4.69, 9.17) is 5.11 Å². The van der Waals surface area contributed by atoms with Crippen LogP contribution in [0.5, 0.6) is 0 Å². The normalized spacial score (nSPS) is 15.8. The Hall–Kier alpha value is -1.55.